The zero-order valence-corrected chi connectivity index (χ0v) is 11.7. The molecule has 3 nitrogen and oxygen atoms in total. The van der Waals surface area contributed by atoms with Crippen LogP contribution in [0.2, 0.25) is 0 Å². The molecule has 0 bridgehead atoms. The van der Waals surface area contributed by atoms with E-state index >= 15 is 0 Å². The molecule has 19 heavy (non-hydrogen) atoms. The lowest BCUT2D eigenvalue weighted by Crippen LogP contribution is -2.29. The molecule has 0 aromatic heterocycles. The van der Waals surface area contributed by atoms with Crippen LogP contribution in [-0.2, 0) is 11.2 Å². The van der Waals surface area contributed by atoms with E-state index < -0.39 is 12.1 Å². The molecule has 0 aliphatic heterocycles. The van der Waals surface area contributed by atoms with Crippen molar-refractivity contribution in [1.82, 2.24) is 0 Å². The number of carbonyl (C=O) groups is 1. The molecule has 1 unspecified atom stereocenters. The molecule has 0 saturated carbocycles. The maximum Gasteiger partial charge on any atom is 0.345 e. The fourth-order valence-electron chi connectivity index (χ4n) is 1.68. The second-order valence-corrected chi connectivity index (χ2v) is 5.00. The average Bonchev–Trinajstić information content (AvgIpc) is 2.41. The third-order valence-electron chi connectivity index (χ3n) is 2.63. The van der Waals surface area contributed by atoms with E-state index in [9.17, 15) is 9.90 Å². The van der Waals surface area contributed by atoms with E-state index in [0.717, 1.165) is 10.0 Å². The predicted octanol–water partition coefficient (Wildman–Crippen LogP) is 3.52. The van der Waals surface area contributed by atoms with E-state index in [1.165, 1.54) is 0 Å². The Bertz CT molecular complexity index is 537. The van der Waals surface area contributed by atoms with Gasteiger partial charge in [-0.3, -0.25) is 0 Å². The molecule has 0 spiro atoms. The monoisotopic (exact) mass is 320 g/mol. The SMILES string of the molecule is O=C(O)C(Cc1ccc(Br)cc1)Oc1ccccc1. The van der Waals surface area contributed by atoms with Gasteiger partial charge in [-0.1, -0.05) is 46.3 Å². The van der Waals surface area contributed by atoms with Crippen LogP contribution in [0.5, 0.6) is 5.75 Å². The summed E-state index contributed by atoms with van der Waals surface area (Å²) in [4.78, 5) is 11.2. The van der Waals surface area contributed by atoms with Crippen LogP contribution >= 0.6 is 15.9 Å². The van der Waals surface area contributed by atoms with E-state index in [2.05, 4.69) is 15.9 Å². The normalized spacial score (nSPS) is 11.8. The topological polar surface area (TPSA) is 46.5 Å². The number of hydrogen-bond acceptors (Lipinski definition) is 2. The Kier molecular flexibility index (Phi) is 4.58. The number of carboxylic acids is 1. The molecule has 0 amide bonds. The first-order valence-electron chi connectivity index (χ1n) is 5.84. The first kappa shape index (κ1) is 13.6. The summed E-state index contributed by atoms with van der Waals surface area (Å²) in [5, 5.41) is 9.22. The fourth-order valence-corrected chi connectivity index (χ4v) is 1.94. The maximum atomic E-state index is 11.2. The molecule has 0 radical (unpaired) electrons. The number of benzene rings is 2. The van der Waals surface area contributed by atoms with E-state index in [0.29, 0.717) is 12.2 Å². The Labute approximate surface area is 120 Å². The molecule has 0 fully saturated rings. The van der Waals surface area contributed by atoms with Gasteiger partial charge in [-0.15, -0.1) is 0 Å². The zero-order chi connectivity index (χ0) is 13.7. The molecular weight excluding hydrogens is 308 g/mol. The highest BCUT2D eigenvalue weighted by atomic mass is 79.9. The molecule has 1 N–H and O–H groups in total. The van der Waals surface area contributed by atoms with Crippen LogP contribution in [0.4, 0.5) is 0 Å². The minimum absolute atomic E-state index is 0.331. The average molecular weight is 321 g/mol. The summed E-state index contributed by atoms with van der Waals surface area (Å²) in [7, 11) is 0. The highest BCUT2D eigenvalue weighted by Crippen LogP contribution is 2.16. The van der Waals surface area contributed by atoms with Crippen molar-refractivity contribution in [3.63, 3.8) is 0 Å². The number of hydrogen-bond donors (Lipinski definition) is 1. The van der Waals surface area contributed by atoms with Gasteiger partial charge in [-0.05, 0) is 29.8 Å². The first-order chi connectivity index (χ1) is 9.15. The summed E-state index contributed by atoms with van der Waals surface area (Å²) >= 11 is 3.35. The lowest BCUT2D eigenvalue weighted by Gasteiger charge is -2.15. The van der Waals surface area contributed by atoms with E-state index in [1.807, 2.05) is 42.5 Å². The minimum atomic E-state index is -0.966. The predicted molar refractivity (Wildman–Crippen MR) is 76.3 cm³/mol. The number of carboxylic acid groups (broad SMARTS) is 1. The highest BCUT2D eigenvalue weighted by molar-refractivity contribution is 9.10. The van der Waals surface area contributed by atoms with Crippen molar-refractivity contribution in [2.24, 2.45) is 0 Å². The molecule has 0 saturated heterocycles. The van der Waals surface area contributed by atoms with Crippen LogP contribution in [0.1, 0.15) is 5.56 Å². The fraction of sp³-hybridized carbons (Fsp3) is 0.133. The molecule has 2 aromatic carbocycles. The molecule has 98 valence electrons. The second kappa shape index (κ2) is 6.38. The van der Waals surface area contributed by atoms with Crippen LogP contribution in [-0.4, -0.2) is 17.2 Å². The summed E-state index contributed by atoms with van der Waals surface area (Å²) in [5.41, 5.74) is 0.923. The van der Waals surface area contributed by atoms with Gasteiger partial charge in [0.25, 0.3) is 0 Å². The first-order valence-corrected chi connectivity index (χ1v) is 6.63. The van der Waals surface area contributed by atoms with Gasteiger partial charge in [0.15, 0.2) is 6.10 Å². The van der Waals surface area contributed by atoms with Crippen LogP contribution in [0.15, 0.2) is 59.1 Å². The van der Waals surface area contributed by atoms with Gasteiger partial charge in [0.2, 0.25) is 0 Å². The summed E-state index contributed by atoms with van der Waals surface area (Å²) in [6, 6.07) is 16.5. The van der Waals surface area contributed by atoms with Crippen molar-refractivity contribution in [1.29, 1.82) is 0 Å². The molecule has 2 aromatic rings. The molecule has 2 rings (SSSR count). The quantitative estimate of drug-likeness (QED) is 0.916. The van der Waals surface area contributed by atoms with Gasteiger partial charge in [0.1, 0.15) is 5.75 Å². The smallest absolute Gasteiger partial charge is 0.345 e. The number of halogens is 1. The van der Waals surface area contributed by atoms with Crippen molar-refractivity contribution in [3.8, 4) is 5.75 Å². The van der Waals surface area contributed by atoms with Crippen LogP contribution in [0.3, 0.4) is 0 Å². The molecule has 0 heterocycles. The number of rotatable bonds is 5. The molecular formula is C15H13BrO3. The van der Waals surface area contributed by atoms with E-state index in [1.54, 1.807) is 12.1 Å². The Hall–Kier alpha value is -1.81. The Morgan fingerprint density at radius 1 is 1.11 bits per heavy atom. The van der Waals surface area contributed by atoms with Gasteiger partial charge in [0, 0.05) is 10.9 Å². The van der Waals surface area contributed by atoms with Crippen LogP contribution < -0.4 is 4.74 Å². The van der Waals surface area contributed by atoms with Crippen LogP contribution in [0, 0.1) is 0 Å². The Morgan fingerprint density at radius 3 is 2.32 bits per heavy atom. The zero-order valence-electron chi connectivity index (χ0n) is 10.1. The summed E-state index contributed by atoms with van der Waals surface area (Å²) in [6.07, 6.45) is -0.555. The van der Waals surface area contributed by atoms with Gasteiger partial charge < -0.3 is 9.84 Å². The third kappa shape index (κ3) is 4.10. The number of aliphatic carboxylic acids is 1. The highest BCUT2D eigenvalue weighted by Gasteiger charge is 2.19. The summed E-state index contributed by atoms with van der Waals surface area (Å²) in [5.74, 6) is -0.404. The van der Waals surface area contributed by atoms with E-state index in [-0.39, 0.29) is 0 Å². The minimum Gasteiger partial charge on any atom is -0.478 e. The summed E-state index contributed by atoms with van der Waals surface area (Å²) < 4.78 is 6.46. The van der Waals surface area contributed by atoms with E-state index in [4.69, 9.17) is 4.74 Å². The van der Waals surface area contributed by atoms with Crippen molar-refractivity contribution in [2.45, 2.75) is 12.5 Å². The van der Waals surface area contributed by atoms with Crippen molar-refractivity contribution in [3.05, 3.63) is 64.6 Å². The molecule has 1 atom stereocenters. The van der Waals surface area contributed by atoms with Gasteiger partial charge in [-0.2, -0.15) is 0 Å². The van der Waals surface area contributed by atoms with Crippen molar-refractivity contribution >= 4 is 21.9 Å². The Morgan fingerprint density at radius 2 is 1.74 bits per heavy atom. The van der Waals surface area contributed by atoms with Crippen molar-refractivity contribution in [2.75, 3.05) is 0 Å². The largest absolute Gasteiger partial charge is 0.478 e. The lowest BCUT2D eigenvalue weighted by atomic mass is 10.1. The third-order valence-corrected chi connectivity index (χ3v) is 3.16. The Balaban J connectivity index is 2.08. The standard InChI is InChI=1S/C15H13BrO3/c16-12-8-6-11(7-9-12)10-14(15(17)18)19-13-4-2-1-3-5-13/h1-9,14H,10H2,(H,17,18). The number of ether oxygens (including phenoxy) is 1. The van der Waals surface area contributed by atoms with Gasteiger partial charge in [0.05, 0.1) is 0 Å². The number of para-hydroxylation sites is 1. The second-order valence-electron chi connectivity index (χ2n) is 4.09. The van der Waals surface area contributed by atoms with Crippen molar-refractivity contribution < 1.29 is 14.6 Å². The molecule has 0 aliphatic rings. The maximum absolute atomic E-state index is 11.2. The van der Waals surface area contributed by atoms with Gasteiger partial charge in [-0.25, -0.2) is 4.79 Å². The van der Waals surface area contributed by atoms with Crippen LogP contribution in [0.25, 0.3) is 0 Å². The lowest BCUT2D eigenvalue weighted by molar-refractivity contribution is -0.145. The summed E-state index contributed by atoms with van der Waals surface area (Å²) in [6.45, 7) is 0. The molecule has 0 aliphatic carbocycles. The molecule has 4 heteroatoms. The van der Waals surface area contributed by atoms with Gasteiger partial charge >= 0.3 is 5.97 Å².